The van der Waals surface area contributed by atoms with Gasteiger partial charge < -0.3 is 0 Å². The Morgan fingerprint density at radius 2 is 1.43 bits per heavy atom. The molecule has 0 unspecified atom stereocenters. The van der Waals surface area contributed by atoms with Crippen LogP contribution in [-0.2, 0) is 7.05 Å². The zero-order valence-electron chi connectivity index (χ0n) is 23.2. The van der Waals surface area contributed by atoms with E-state index in [2.05, 4.69) is 134 Å². The van der Waals surface area contributed by atoms with Crippen LogP contribution >= 0.6 is 0 Å². The van der Waals surface area contributed by atoms with Gasteiger partial charge in [0, 0.05) is 11.6 Å². The Morgan fingerprint density at radius 3 is 2.00 bits per heavy atom. The minimum Gasteiger partial charge on any atom is -0.200 e. The third-order valence-corrected chi connectivity index (χ3v) is 15.3. The molecule has 4 rings (SSSR count). The van der Waals surface area contributed by atoms with Crippen molar-refractivity contribution in [1.29, 1.82) is 0 Å². The Bertz CT molecular complexity index is 1370. The van der Waals surface area contributed by atoms with Crippen LogP contribution in [0.2, 0.25) is 17.1 Å². The van der Waals surface area contributed by atoms with Crippen LogP contribution in [0.4, 0.5) is 0 Å². The molecule has 0 aliphatic carbocycles. The van der Waals surface area contributed by atoms with Gasteiger partial charge >= 0.3 is 0 Å². The summed E-state index contributed by atoms with van der Waals surface area (Å²) >= 11 is 0. The number of hydrogen-bond donors (Lipinski definition) is 0. The monoisotopic (exact) mass is 480 g/mol. The first kappa shape index (κ1) is 25.4. The molecule has 0 spiro atoms. The van der Waals surface area contributed by atoms with Gasteiger partial charge in [-0.15, -0.1) is 0 Å². The molecule has 2 heteroatoms. The summed E-state index contributed by atoms with van der Waals surface area (Å²) in [6, 6.07) is 25.8. The molecule has 0 saturated heterocycles. The van der Waals surface area contributed by atoms with Crippen molar-refractivity contribution in [3.8, 4) is 22.4 Å². The maximum Gasteiger partial charge on any atom is 0.220 e. The SMILES string of the molecule is CC[Si](CC)(c1ccc2c(-c3ccc(-c4c(C)cccc4C)cc3C)[n+](C)ccc2c1)C(C)(C)C. The summed E-state index contributed by atoms with van der Waals surface area (Å²) < 4.78 is 2.29. The zero-order chi connectivity index (χ0) is 25.5. The summed E-state index contributed by atoms with van der Waals surface area (Å²) in [6.45, 7) is 18.8. The van der Waals surface area contributed by atoms with Crippen molar-refractivity contribution in [2.45, 2.75) is 72.5 Å². The molecule has 1 heterocycles. The molecule has 1 nitrogen and oxygen atoms in total. The summed E-state index contributed by atoms with van der Waals surface area (Å²) in [4.78, 5) is 0. The maximum absolute atomic E-state index is 2.52. The fourth-order valence-electron chi connectivity index (χ4n) is 6.51. The summed E-state index contributed by atoms with van der Waals surface area (Å²) in [5.74, 6) is 0. The van der Waals surface area contributed by atoms with Gasteiger partial charge in [-0.3, -0.25) is 0 Å². The van der Waals surface area contributed by atoms with Crippen molar-refractivity contribution in [2.24, 2.45) is 7.05 Å². The first-order valence-electron chi connectivity index (χ1n) is 13.1. The average Bonchev–Trinajstić information content (AvgIpc) is 2.80. The standard InChI is InChI=1S/C33H42NSi/c1-10-35(11-2,33(6,7)8)28-16-18-30-26(22-28)19-20-34(9)32(30)29-17-15-27(21-25(29)5)31-23(3)13-12-14-24(31)4/h12-22H,10-11H2,1-9H3/q+1. The molecule has 182 valence electrons. The molecule has 0 atom stereocenters. The summed E-state index contributed by atoms with van der Waals surface area (Å²) in [7, 11) is 0.552. The average molecular weight is 481 g/mol. The minimum atomic E-state index is -1.62. The van der Waals surface area contributed by atoms with Gasteiger partial charge in [0.05, 0.1) is 13.5 Å². The van der Waals surface area contributed by atoms with E-state index in [1.807, 2.05) is 0 Å². The molecule has 3 aromatic carbocycles. The highest BCUT2D eigenvalue weighted by atomic mass is 28.3. The first-order valence-corrected chi connectivity index (χ1v) is 15.6. The maximum atomic E-state index is 2.52. The van der Waals surface area contributed by atoms with Crippen molar-refractivity contribution in [3.63, 3.8) is 0 Å². The summed E-state index contributed by atoms with van der Waals surface area (Å²) in [6.07, 6.45) is 2.23. The molecule has 1 aromatic heterocycles. The minimum absolute atomic E-state index is 0.340. The van der Waals surface area contributed by atoms with Gasteiger partial charge in [0.15, 0.2) is 6.20 Å². The second kappa shape index (κ2) is 9.39. The molecule has 0 fully saturated rings. The molecule has 0 aliphatic heterocycles. The number of fused-ring (bicyclic) bond motifs is 1. The van der Waals surface area contributed by atoms with Crippen molar-refractivity contribution in [2.75, 3.05) is 0 Å². The quantitative estimate of drug-likeness (QED) is 0.199. The number of aromatic nitrogens is 1. The topological polar surface area (TPSA) is 3.88 Å². The number of pyridine rings is 1. The second-order valence-corrected chi connectivity index (χ2v) is 17.1. The second-order valence-electron chi connectivity index (χ2n) is 11.4. The van der Waals surface area contributed by atoms with Crippen LogP contribution in [0.1, 0.15) is 51.3 Å². The van der Waals surface area contributed by atoms with Crippen LogP contribution in [0.25, 0.3) is 33.2 Å². The molecule has 0 bridgehead atoms. The van der Waals surface area contributed by atoms with E-state index >= 15 is 0 Å². The van der Waals surface area contributed by atoms with E-state index in [-0.39, 0.29) is 0 Å². The van der Waals surface area contributed by atoms with E-state index in [9.17, 15) is 0 Å². The zero-order valence-corrected chi connectivity index (χ0v) is 24.2. The van der Waals surface area contributed by atoms with Crippen molar-refractivity contribution in [3.05, 3.63) is 83.6 Å². The lowest BCUT2D eigenvalue weighted by Crippen LogP contribution is -2.53. The van der Waals surface area contributed by atoms with Gasteiger partial charge in [-0.1, -0.05) is 94.4 Å². The van der Waals surface area contributed by atoms with E-state index in [1.165, 1.54) is 61.9 Å². The van der Waals surface area contributed by atoms with Crippen LogP contribution in [-0.4, -0.2) is 8.07 Å². The van der Waals surface area contributed by atoms with Crippen LogP contribution in [0.15, 0.2) is 66.9 Å². The van der Waals surface area contributed by atoms with Crippen molar-refractivity contribution in [1.82, 2.24) is 0 Å². The van der Waals surface area contributed by atoms with Crippen molar-refractivity contribution >= 4 is 24.0 Å². The first-order chi connectivity index (χ1) is 16.5. The lowest BCUT2D eigenvalue weighted by molar-refractivity contribution is -0.659. The third kappa shape index (κ3) is 4.27. The highest BCUT2D eigenvalue weighted by molar-refractivity contribution is 6.94. The van der Waals surface area contributed by atoms with E-state index in [0.29, 0.717) is 5.04 Å². The smallest absolute Gasteiger partial charge is 0.200 e. The Morgan fingerprint density at radius 1 is 0.771 bits per heavy atom. The predicted octanol–water partition coefficient (Wildman–Crippen LogP) is 8.42. The lowest BCUT2D eigenvalue weighted by Gasteiger charge is -2.42. The number of rotatable bonds is 5. The van der Waals surface area contributed by atoms with E-state index in [1.54, 1.807) is 5.19 Å². The lowest BCUT2D eigenvalue weighted by atomic mass is 9.92. The van der Waals surface area contributed by atoms with E-state index < -0.39 is 8.07 Å². The fraction of sp³-hybridized carbons (Fsp3) is 0.364. The number of benzene rings is 3. The van der Waals surface area contributed by atoms with E-state index in [0.717, 1.165) is 0 Å². The van der Waals surface area contributed by atoms with Crippen LogP contribution < -0.4 is 9.75 Å². The number of aryl methyl sites for hydroxylation is 4. The fourth-order valence-corrected chi connectivity index (χ4v) is 11.7. The number of hydrogen-bond acceptors (Lipinski definition) is 0. The Kier molecular flexibility index (Phi) is 6.81. The molecule has 0 saturated carbocycles. The molecule has 4 aromatic rings. The van der Waals surface area contributed by atoms with Gasteiger partial charge in [-0.05, 0) is 71.1 Å². The molecule has 0 radical (unpaired) electrons. The summed E-state index contributed by atoms with van der Waals surface area (Å²) in [5.41, 5.74) is 9.26. The van der Waals surface area contributed by atoms with Crippen LogP contribution in [0.3, 0.4) is 0 Å². The molecule has 0 N–H and O–H groups in total. The molecular weight excluding hydrogens is 438 g/mol. The highest BCUT2D eigenvalue weighted by Gasteiger charge is 2.42. The molecule has 0 amide bonds. The number of nitrogens with zero attached hydrogens (tertiary/aromatic N) is 1. The van der Waals surface area contributed by atoms with E-state index in [4.69, 9.17) is 0 Å². The van der Waals surface area contributed by atoms with Crippen molar-refractivity contribution < 1.29 is 4.57 Å². The normalized spacial score (nSPS) is 12.4. The highest BCUT2D eigenvalue weighted by Crippen LogP contribution is 2.42. The summed E-state index contributed by atoms with van der Waals surface area (Å²) in [5, 5.41) is 4.64. The van der Waals surface area contributed by atoms with Gasteiger partial charge in [0.25, 0.3) is 0 Å². The Labute approximate surface area is 213 Å². The Balaban J connectivity index is 1.88. The predicted molar refractivity (Wildman–Crippen MR) is 156 cm³/mol. The van der Waals surface area contributed by atoms with Gasteiger partial charge in [-0.25, -0.2) is 4.57 Å². The molecule has 35 heavy (non-hydrogen) atoms. The van der Waals surface area contributed by atoms with Crippen LogP contribution in [0, 0.1) is 20.8 Å². The van der Waals surface area contributed by atoms with Gasteiger partial charge in [0.2, 0.25) is 5.69 Å². The van der Waals surface area contributed by atoms with Gasteiger partial charge in [0.1, 0.15) is 7.05 Å². The van der Waals surface area contributed by atoms with Crippen LogP contribution in [0.5, 0.6) is 0 Å². The molecule has 0 aliphatic rings. The van der Waals surface area contributed by atoms with Gasteiger partial charge in [-0.2, -0.15) is 0 Å². The largest absolute Gasteiger partial charge is 0.220 e. The Hall–Kier alpha value is -2.71. The molecular formula is C33H42NSi+. The third-order valence-electron chi connectivity index (χ3n) is 8.58.